The van der Waals surface area contributed by atoms with Crippen LogP contribution in [0.5, 0.6) is 0 Å². The molecular formula is C17H18ClN3O. The van der Waals surface area contributed by atoms with Crippen molar-refractivity contribution in [3.8, 4) is 0 Å². The van der Waals surface area contributed by atoms with E-state index >= 15 is 0 Å². The molecule has 2 aromatic rings. The molecule has 1 aliphatic heterocycles. The van der Waals surface area contributed by atoms with Crippen LogP contribution in [-0.2, 0) is 11.4 Å². The summed E-state index contributed by atoms with van der Waals surface area (Å²) in [5, 5.41) is 5.75. The van der Waals surface area contributed by atoms with Crippen molar-refractivity contribution in [1.29, 1.82) is 0 Å². The molecule has 1 aliphatic rings. The first kappa shape index (κ1) is 14.9. The lowest BCUT2D eigenvalue weighted by molar-refractivity contribution is -0.103. The summed E-state index contributed by atoms with van der Waals surface area (Å²) in [6, 6.07) is 15.9. The maximum atomic E-state index is 6.25. The lowest BCUT2D eigenvalue weighted by Gasteiger charge is -2.21. The number of para-hydroxylation sites is 1. The van der Waals surface area contributed by atoms with Gasteiger partial charge in [0, 0.05) is 0 Å². The van der Waals surface area contributed by atoms with E-state index in [1.54, 1.807) is 5.06 Å². The number of halogens is 1. The molecule has 22 heavy (non-hydrogen) atoms. The van der Waals surface area contributed by atoms with Gasteiger partial charge in [0.25, 0.3) is 0 Å². The number of hydrogen-bond donors (Lipinski definition) is 1. The highest BCUT2D eigenvalue weighted by molar-refractivity contribution is 6.34. The second kappa shape index (κ2) is 6.81. The van der Waals surface area contributed by atoms with Gasteiger partial charge in [0.15, 0.2) is 0 Å². The highest BCUT2D eigenvalue weighted by atomic mass is 35.5. The second-order valence-corrected chi connectivity index (χ2v) is 5.53. The van der Waals surface area contributed by atoms with Crippen LogP contribution in [0.25, 0.3) is 0 Å². The zero-order chi connectivity index (χ0) is 15.4. The van der Waals surface area contributed by atoms with Crippen LogP contribution in [0.4, 0.5) is 5.69 Å². The average molecular weight is 316 g/mol. The van der Waals surface area contributed by atoms with Crippen molar-refractivity contribution in [2.45, 2.75) is 13.5 Å². The van der Waals surface area contributed by atoms with E-state index in [4.69, 9.17) is 16.4 Å². The maximum absolute atomic E-state index is 6.25. The normalized spacial score (nSPS) is 14.1. The summed E-state index contributed by atoms with van der Waals surface area (Å²) in [5.74, 6) is 0.701. The zero-order valence-electron chi connectivity index (χ0n) is 12.4. The van der Waals surface area contributed by atoms with Gasteiger partial charge in [-0.15, -0.1) is 0 Å². The van der Waals surface area contributed by atoms with Crippen molar-refractivity contribution in [3.05, 3.63) is 64.7 Å². The summed E-state index contributed by atoms with van der Waals surface area (Å²) in [5.41, 5.74) is 3.07. The molecule has 5 heteroatoms. The van der Waals surface area contributed by atoms with Gasteiger partial charge in [-0.05, 0) is 24.1 Å². The summed E-state index contributed by atoms with van der Waals surface area (Å²) in [6.45, 7) is 3.97. The molecule has 0 atom stereocenters. The fraction of sp³-hybridized carbons (Fsp3) is 0.235. The van der Waals surface area contributed by atoms with Crippen LogP contribution in [-0.4, -0.2) is 24.1 Å². The van der Waals surface area contributed by atoms with E-state index in [1.807, 2.05) is 55.5 Å². The molecule has 0 spiro atoms. The number of aryl methyl sites for hydroxylation is 1. The van der Waals surface area contributed by atoms with Crippen LogP contribution < -0.4 is 5.32 Å². The van der Waals surface area contributed by atoms with Crippen molar-refractivity contribution >= 4 is 23.2 Å². The van der Waals surface area contributed by atoms with E-state index in [0.29, 0.717) is 24.1 Å². The van der Waals surface area contributed by atoms with Crippen LogP contribution in [0.1, 0.15) is 11.1 Å². The van der Waals surface area contributed by atoms with Gasteiger partial charge >= 0.3 is 0 Å². The van der Waals surface area contributed by atoms with Crippen LogP contribution in [0.15, 0.2) is 53.5 Å². The Kier molecular flexibility index (Phi) is 4.61. The van der Waals surface area contributed by atoms with E-state index in [0.717, 1.165) is 23.4 Å². The summed E-state index contributed by atoms with van der Waals surface area (Å²) < 4.78 is 0. The quantitative estimate of drug-likeness (QED) is 0.930. The molecule has 0 radical (unpaired) electrons. The van der Waals surface area contributed by atoms with E-state index < -0.39 is 0 Å². The third-order valence-corrected chi connectivity index (χ3v) is 3.80. The molecule has 0 fully saturated rings. The van der Waals surface area contributed by atoms with Gasteiger partial charge in [-0.25, -0.2) is 10.1 Å². The van der Waals surface area contributed by atoms with Gasteiger partial charge in [-0.2, -0.15) is 0 Å². The number of hydroxylamine groups is 2. The molecule has 0 aliphatic carbocycles. The molecule has 0 unspecified atom stereocenters. The standard InChI is InChI=1S/C17H18ClN3O/c1-13-6-5-9-15(18)16(13)20-17-19-10-11-21(17)22-12-14-7-3-2-4-8-14/h2-9H,10-12H2,1H3,(H,19,20). The monoisotopic (exact) mass is 315 g/mol. The molecular weight excluding hydrogens is 298 g/mol. The van der Waals surface area contributed by atoms with Gasteiger partial charge in [0.1, 0.15) is 6.61 Å². The molecule has 3 rings (SSSR count). The van der Waals surface area contributed by atoms with Crippen LogP contribution in [0, 0.1) is 6.92 Å². The molecule has 1 heterocycles. The Bertz CT molecular complexity index is 653. The first-order valence-electron chi connectivity index (χ1n) is 7.25. The smallest absolute Gasteiger partial charge is 0.223 e. The van der Waals surface area contributed by atoms with Crippen molar-refractivity contribution < 1.29 is 4.84 Å². The SMILES string of the molecule is Cc1cccc(Cl)c1NC1=NCCN1OCc1ccccc1. The lowest BCUT2D eigenvalue weighted by atomic mass is 10.2. The third-order valence-electron chi connectivity index (χ3n) is 3.49. The first-order valence-corrected chi connectivity index (χ1v) is 7.63. The number of anilines is 1. The molecule has 0 saturated heterocycles. The molecule has 114 valence electrons. The third kappa shape index (κ3) is 3.40. The number of nitrogens with zero attached hydrogens (tertiary/aromatic N) is 2. The zero-order valence-corrected chi connectivity index (χ0v) is 13.2. The van der Waals surface area contributed by atoms with Crippen molar-refractivity contribution in [2.24, 2.45) is 4.99 Å². The van der Waals surface area contributed by atoms with E-state index in [1.165, 1.54) is 0 Å². The summed E-state index contributed by atoms with van der Waals surface area (Å²) in [7, 11) is 0. The van der Waals surface area contributed by atoms with E-state index in [9.17, 15) is 0 Å². The Morgan fingerprint density at radius 2 is 2.00 bits per heavy atom. The van der Waals surface area contributed by atoms with Gasteiger partial charge in [0.2, 0.25) is 5.96 Å². The fourth-order valence-corrected chi connectivity index (χ4v) is 2.56. The Hall–Kier alpha value is -2.04. The maximum Gasteiger partial charge on any atom is 0.223 e. The molecule has 0 amide bonds. The van der Waals surface area contributed by atoms with Gasteiger partial charge in [-0.3, -0.25) is 4.84 Å². The molecule has 2 aromatic carbocycles. The molecule has 0 saturated carbocycles. The van der Waals surface area contributed by atoms with Gasteiger partial charge < -0.3 is 5.32 Å². The second-order valence-electron chi connectivity index (χ2n) is 5.12. The number of benzene rings is 2. The summed E-state index contributed by atoms with van der Waals surface area (Å²) in [6.07, 6.45) is 0. The number of guanidine groups is 1. The Balaban J connectivity index is 1.66. The topological polar surface area (TPSA) is 36.9 Å². The minimum Gasteiger partial charge on any atom is -0.323 e. The summed E-state index contributed by atoms with van der Waals surface area (Å²) in [4.78, 5) is 10.3. The van der Waals surface area contributed by atoms with Crippen molar-refractivity contribution in [2.75, 3.05) is 18.4 Å². The summed E-state index contributed by atoms with van der Waals surface area (Å²) >= 11 is 6.25. The predicted molar refractivity (Wildman–Crippen MR) is 90.1 cm³/mol. The lowest BCUT2D eigenvalue weighted by Crippen LogP contribution is -2.33. The van der Waals surface area contributed by atoms with Gasteiger partial charge in [-0.1, -0.05) is 54.1 Å². The Morgan fingerprint density at radius 1 is 1.18 bits per heavy atom. The number of rotatable bonds is 4. The Labute approximate surface area is 135 Å². The predicted octanol–water partition coefficient (Wildman–Crippen LogP) is 3.86. The first-order chi connectivity index (χ1) is 10.7. The molecule has 0 aromatic heterocycles. The largest absolute Gasteiger partial charge is 0.323 e. The average Bonchev–Trinajstić information content (AvgIpc) is 2.97. The molecule has 0 bridgehead atoms. The molecule has 1 N–H and O–H groups in total. The molecule has 4 nitrogen and oxygen atoms in total. The fourth-order valence-electron chi connectivity index (χ4n) is 2.29. The van der Waals surface area contributed by atoms with E-state index in [2.05, 4.69) is 10.3 Å². The number of nitrogens with one attached hydrogen (secondary N) is 1. The van der Waals surface area contributed by atoms with Gasteiger partial charge in [0.05, 0.1) is 23.8 Å². The van der Waals surface area contributed by atoms with Crippen LogP contribution in [0.2, 0.25) is 5.02 Å². The number of aliphatic imine (C=N–C) groups is 1. The Morgan fingerprint density at radius 3 is 2.77 bits per heavy atom. The minimum atomic E-state index is 0.517. The highest BCUT2D eigenvalue weighted by Crippen LogP contribution is 2.26. The van der Waals surface area contributed by atoms with Crippen LogP contribution in [0.3, 0.4) is 0 Å². The number of hydrogen-bond acceptors (Lipinski definition) is 4. The minimum absolute atomic E-state index is 0.517. The highest BCUT2D eigenvalue weighted by Gasteiger charge is 2.19. The van der Waals surface area contributed by atoms with Crippen LogP contribution >= 0.6 is 11.6 Å². The van der Waals surface area contributed by atoms with Crippen molar-refractivity contribution in [3.63, 3.8) is 0 Å². The van der Waals surface area contributed by atoms with E-state index in [-0.39, 0.29) is 0 Å². The van der Waals surface area contributed by atoms with Crippen molar-refractivity contribution in [1.82, 2.24) is 5.06 Å².